The lowest BCUT2D eigenvalue weighted by Crippen LogP contribution is -2.45. The molecule has 0 spiro atoms. The second kappa shape index (κ2) is 10.9. The number of methoxy groups -OCH3 is 1. The molecule has 0 bridgehead atoms. The minimum Gasteiger partial charge on any atom is -0.496 e. The quantitative estimate of drug-likeness (QED) is 0.594. The summed E-state index contributed by atoms with van der Waals surface area (Å²) in [5.41, 5.74) is 1.15. The lowest BCUT2D eigenvalue weighted by atomic mass is 10.0. The van der Waals surface area contributed by atoms with Gasteiger partial charge in [-0.25, -0.2) is 13.1 Å². The van der Waals surface area contributed by atoms with Crippen molar-refractivity contribution < 1.29 is 17.9 Å². The average molecular weight is 466 g/mol. The summed E-state index contributed by atoms with van der Waals surface area (Å²) in [6.07, 6.45) is 1.78. The van der Waals surface area contributed by atoms with Crippen molar-refractivity contribution in [1.82, 2.24) is 14.9 Å². The monoisotopic (exact) mass is 465 g/mol. The van der Waals surface area contributed by atoms with Crippen LogP contribution in [0.25, 0.3) is 0 Å². The Kier molecular flexibility index (Phi) is 8.31. The van der Waals surface area contributed by atoms with Gasteiger partial charge in [0.2, 0.25) is 15.9 Å². The molecule has 168 valence electrons. The third-order valence-electron chi connectivity index (χ3n) is 5.31. The summed E-state index contributed by atoms with van der Waals surface area (Å²) in [5, 5.41) is 3.16. The van der Waals surface area contributed by atoms with Gasteiger partial charge in [0.25, 0.3) is 0 Å². The number of sulfonamides is 1. The largest absolute Gasteiger partial charge is 0.496 e. The number of carbonyl (C=O) groups is 1. The molecule has 1 fully saturated rings. The van der Waals surface area contributed by atoms with E-state index in [2.05, 4.69) is 21.0 Å². The van der Waals surface area contributed by atoms with Crippen molar-refractivity contribution in [1.29, 1.82) is 0 Å². The average Bonchev–Trinajstić information content (AvgIpc) is 2.75. The highest BCUT2D eigenvalue weighted by molar-refractivity contribution is 7.89. The van der Waals surface area contributed by atoms with Gasteiger partial charge in [0, 0.05) is 44.2 Å². The number of hydrogen-bond donors (Lipinski definition) is 2. The van der Waals surface area contributed by atoms with E-state index in [0.29, 0.717) is 0 Å². The van der Waals surface area contributed by atoms with Crippen LogP contribution in [0.5, 0.6) is 5.75 Å². The van der Waals surface area contributed by atoms with E-state index in [4.69, 9.17) is 16.3 Å². The SMILES string of the molecule is COc1ccccc1CN1CCC(NC(=O)CCNS(=O)(=O)c2ccccc2Cl)CC1. The number of halogens is 1. The molecule has 0 radical (unpaired) electrons. The van der Waals surface area contributed by atoms with Crippen LogP contribution in [0, 0.1) is 0 Å². The van der Waals surface area contributed by atoms with Gasteiger partial charge >= 0.3 is 0 Å². The number of nitrogens with zero attached hydrogens (tertiary/aromatic N) is 1. The molecule has 1 aliphatic rings. The number of piperidine rings is 1. The Bertz CT molecular complexity index is 992. The molecule has 0 aliphatic carbocycles. The predicted octanol–water partition coefficient (Wildman–Crippen LogP) is 2.80. The first-order valence-electron chi connectivity index (χ1n) is 10.3. The van der Waals surface area contributed by atoms with Gasteiger partial charge in [-0.2, -0.15) is 0 Å². The van der Waals surface area contributed by atoms with Crippen LogP contribution in [0.3, 0.4) is 0 Å². The molecule has 0 saturated carbocycles. The van der Waals surface area contributed by atoms with Crippen LogP contribution in [-0.4, -0.2) is 52.0 Å². The smallest absolute Gasteiger partial charge is 0.242 e. The summed E-state index contributed by atoms with van der Waals surface area (Å²) in [7, 11) is -2.07. The molecule has 9 heteroatoms. The molecule has 2 aromatic rings. The van der Waals surface area contributed by atoms with Crippen LogP contribution in [0.4, 0.5) is 0 Å². The van der Waals surface area contributed by atoms with Gasteiger partial charge in [0.05, 0.1) is 12.1 Å². The maximum Gasteiger partial charge on any atom is 0.242 e. The summed E-state index contributed by atoms with van der Waals surface area (Å²) in [6, 6.07) is 14.3. The molecule has 1 amide bonds. The van der Waals surface area contributed by atoms with Gasteiger partial charge in [0.15, 0.2) is 0 Å². The second-order valence-electron chi connectivity index (χ2n) is 7.51. The first-order chi connectivity index (χ1) is 14.9. The standard InChI is InChI=1S/C22H28ClN3O4S/c1-30-20-8-4-2-6-17(20)16-26-14-11-18(12-15-26)25-22(27)10-13-24-31(28,29)21-9-5-3-7-19(21)23/h2-9,18,24H,10-16H2,1H3,(H,25,27). The summed E-state index contributed by atoms with van der Waals surface area (Å²) in [4.78, 5) is 14.6. The molecule has 0 aromatic heterocycles. The van der Waals surface area contributed by atoms with E-state index in [-0.39, 0.29) is 34.8 Å². The topological polar surface area (TPSA) is 87.7 Å². The molecule has 2 aromatic carbocycles. The highest BCUT2D eigenvalue weighted by Gasteiger charge is 2.22. The number of para-hydroxylation sites is 1. The number of nitrogens with one attached hydrogen (secondary N) is 2. The summed E-state index contributed by atoms with van der Waals surface area (Å²) < 4.78 is 32.5. The zero-order valence-corrected chi connectivity index (χ0v) is 19.1. The van der Waals surface area contributed by atoms with E-state index < -0.39 is 10.0 Å². The first-order valence-corrected chi connectivity index (χ1v) is 12.1. The molecule has 0 unspecified atom stereocenters. The highest BCUT2D eigenvalue weighted by atomic mass is 35.5. The van der Waals surface area contributed by atoms with E-state index in [0.717, 1.165) is 43.8 Å². The zero-order valence-electron chi connectivity index (χ0n) is 17.5. The van der Waals surface area contributed by atoms with Crippen molar-refractivity contribution in [3.05, 3.63) is 59.1 Å². The lowest BCUT2D eigenvalue weighted by molar-refractivity contribution is -0.121. The Hall–Kier alpha value is -2.13. The Morgan fingerprint density at radius 3 is 2.52 bits per heavy atom. The minimum atomic E-state index is -3.74. The molecule has 3 rings (SSSR count). The van der Waals surface area contributed by atoms with Crippen LogP contribution in [0.15, 0.2) is 53.4 Å². The number of likely N-dealkylation sites (tertiary alicyclic amines) is 1. The van der Waals surface area contributed by atoms with Crippen LogP contribution >= 0.6 is 11.6 Å². The van der Waals surface area contributed by atoms with Gasteiger partial charge in [-0.3, -0.25) is 9.69 Å². The van der Waals surface area contributed by atoms with Crippen molar-refractivity contribution in [2.24, 2.45) is 0 Å². The van der Waals surface area contributed by atoms with Crippen molar-refractivity contribution in [3.63, 3.8) is 0 Å². The number of amides is 1. The number of carbonyl (C=O) groups excluding carboxylic acids is 1. The molecule has 1 aliphatic heterocycles. The van der Waals surface area contributed by atoms with Gasteiger partial charge in [-0.05, 0) is 31.0 Å². The van der Waals surface area contributed by atoms with E-state index >= 15 is 0 Å². The molecule has 7 nitrogen and oxygen atoms in total. The van der Waals surface area contributed by atoms with E-state index in [1.54, 1.807) is 19.2 Å². The van der Waals surface area contributed by atoms with Gasteiger partial charge in [-0.1, -0.05) is 41.9 Å². The second-order valence-corrected chi connectivity index (χ2v) is 9.65. The Morgan fingerprint density at radius 1 is 1.13 bits per heavy atom. The molecule has 1 heterocycles. The Morgan fingerprint density at radius 2 is 1.81 bits per heavy atom. The Labute approximate surface area is 188 Å². The number of benzene rings is 2. The molecule has 1 saturated heterocycles. The van der Waals surface area contributed by atoms with Crippen LogP contribution in [-0.2, 0) is 21.4 Å². The highest BCUT2D eigenvalue weighted by Crippen LogP contribution is 2.22. The van der Waals surface area contributed by atoms with Gasteiger partial charge < -0.3 is 10.1 Å². The van der Waals surface area contributed by atoms with Crippen LogP contribution in [0.1, 0.15) is 24.8 Å². The molecule has 0 atom stereocenters. The maximum absolute atomic E-state index is 12.3. The molecular formula is C22H28ClN3O4S. The van der Waals surface area contributed by atoms with Gasteiger partial charge in [0.1, 0.15) is 10.6 Å². The fraction of sp³-hybridized carbons (Fsp3) is 0.409. The van der Waals surface area contributed by atoms with Crippen molar-refractivity contribution in [2.75, 3.05) is 26.7 Å². The fourth-order valence-corrected chi connectivity index (χ4v) is 5.20. The molecular weight excluding hydrogens is 438 g/mol. The normalized spacial score (nSPS) is 15.5. The zero-order chi connectivity index (χ0) is 22.3. The maximum atomic E-state index is 12.3. The number of hydrogen-bond acceptors (Lipinski definition) is 5. The Balaban J connectivity index is 1.40. The van der Waals surface area contributed by atoms with E-state index in [1.807, 2.05) is 18.2 Å². The number of ether oxygens (including phenoxy) is 1. The van der Waals surface area contributed by atoms with Crippen molar-refractivity contribution in [3.8, 4) is 5.75 Å². The summed E-state index contributed by atoms with van der Waals surface area (Å²) >= 11 is 5.95. The lowest BCUT2D eigenvalue weighted by Gasteiger charge is -2.32. The fourth-order valence-electron chi connectivity index (χ4n) is 3.65. The summed E-state index contributed by atoms with van der Waals surface area (Å²) in [6.45, 7) is 2.59. The predicted molar refractivity (Wildman–Crippen MR) is 121 cm³/mol. The van der Waals surface area contributed by atoms with Crippen LogP contribution in [0.2, 0.25) is 5.02 Å². The van der Waals surface area contributed by atoms with E-state index in [9.17, 15) is 13.2 Å². The van der Waals surface area contributed by atoms with Gasteiger partial charge in [-0.15, -0.1) is 0 Å². The molecule has 31 heavy (non-hydrogen) atoms. The van der Waals surface area contributed by atoms with Crippen LogP contribution < -0.4 is 14.8 Å². The molecule has 2 N–H and O–H groups in total. The summed E-state index contributed by atoms with van der Waals surface area (Å²) in [5.74, 6) is 0.724. The number of rotatable bonds is 9. The van der Waals surface area contributed by atoms with E-state index in [1.165, 1.54) is 12.1 Å². The first kappa shape index (κ1) is 23.5. The third kappa shape index (κ3) is 6.67. The third-order valence-corrected chi connectivity index (χ3v) is 7.27. The van der Waals surface area contributed by atoms with Crippen molar-refractivity contribution >= 4 is 27.5 Å². The minimum absolute atomic E-state index is 0.0134. The van der Waals surface area contributed by atoms with Crippen molar-refractivity contribution in [2.45, 2.75) is 36.7 Å².